The zero-order valence-corrected chi connectivity index (χ0v) is 12.3. The molecule has 2 N–H and O–H groups in total. The lowest BCUT2D eigenvalue weighted by Gasteiger charge is -2.09. The average Bonchev–Trinajstić information content (AvgIpc) is 2.82. The molecular formula is C12H11F2N3O2S2. The number of nitrogens with zero attached hydrogens (tertiary/aromatic N) is 1. The van der Waals surface area contributed by atoms with Gasteiger partial charge < -0.3 is 5.32 Å². The van der Waals surface area contributed by atoms with Crippen LogP contribution in [0.5, 0.6) is 0 Å². The molecule has 1 aliphatic heterocycles. The van der Waals surface area contributed by atoms with E-state index < -0.39 is 26.6 Å². The first kappa shape index (κ1) is 14.4. The normalized spacial score (nSPS) is 14.8. The maximum Gasteiger partial charge on any atom is 0.266 e. The molecule has 1 aromatic carbocycles. The van der Waals surface area contributed by atoms with Gasteiger partial charge in [-0.1, -0.05) is 11.3 Å². The third-order valence-corrected chi connectivity index (χ3v) is 5.50. The first-order valence-corrected chi connectivity index (χ1v) is 8.43. The maximum absolute atomic E-state index is 13.6. The molecule has 0 fully saturated rings. The highest BCUT2D eigenvalue weighted by atomic mass is 32.2. The van der Waals surface area contributed by atoms with Gasteiger partial charge in [0.25, 0.3) is 10.0 Å². The molecule has 21 heavy (non-hydrogen) atoms. The minimum absolute atomic E-state index is 0.160. The van der Waals surface area contributed by atoms with Crippen molar-refractivity contribution in [1.29, 1.82) is 0 Å². The average molecular weight is 331 g/mol. The van der Waals surface area contributed by atoms with Crippen molar-refractivity contribution in [3.8, 4) is 0 Å². The Morgan fingerprint density at radius 3 is 2.90 bits per heavy atom. The molecule has 3 rings (SSSR count). The number of rotatable bonds is 3. The Bertz CT molecular complexity index is 766. The van der Waals surface area contributed by atoms with Crippen LogP contribution < -0.4 is 10.0 Å². The lowest BCUT2D eigenvalue weighted by molar-refractivity contribution is 0.555. The summed E-state index contributed by atoms with van der Waals surface area (Å²) in [5, 5.41) is 3.31. The fourth-order valence-corrected chi connectivity index (χ4v) is 4.32. The van der Waals surface area contributed by atoms with Gasteiger partial charge in [0.2, 0.25) is 0 Å². The van der Waals surface area contributed by atoms with Gasteiger partial charge in [-0.15, -0.1) is 0 Å². The smallest absolute Gasteiger partial charge is 0.266 e. The number of sulfonamides is 1. The van der Waals surface area contributed by atoms with Crippen molar-refractivity contribution in [3.63, 3.8) is 0 Å². The molecule has 2 aromatic rings. The van der Waals surface area contributed by atoms with E-state index in [0.717, 1.165) is 29.2 Å². The molecule has 0 saturated carbocycles. The Morgan fingerprint density at radius 2 is 2.14 bits per heavy atom. The molecular weight excluding hydrogens is 320 g/mol. The summed E-state index contributed by atoms with van der Waals surface area (Å²) < 4.78 is 53.2. The van der Waals surface area contributed by atoms with Crippen LogP contribution in [0.1, 0.15) is 10.6 Å². The van der Waals surface area contributed by atoms with Crippen LogP contribution in [0.15, 0.2) is 23.1 Å². The predicted molar refractivity (Wildman–Crippen MR) is 74.7 cm³/mol. The number of aromatic nitrogens is 1. The van der Waals surface area contributed by atoms with Crippen LogP contribution in [0.2, 0.25) is 0 Å². The first-order valence-electron chi connectivity index (χ1n) is 6.13. The van der Waals surface area contributed by atoms with Crippen molar-refractivity contribution in [2.45, 2.75) is 17.9 Å². The fraction of sp³-hybridized carbons (Fsp3) is 0.250. The molecule has 0 bridgehead atoms. The van der Waals surface area contributed by atoms with Crippen molar-refractivity contribution >= 4 is 26.5 Å². The summed E-state index contributed by atoms with van der Waals surface area (Å²) >= 11 is 1.19. The number of nitrogens with one attached hydrogen (secondary N) is 2. The zero-order chi connectivity index (χ0) is 15.0. The molecule has 2 heterocycles. The van der Waals surface area contributed by atoms with Gasteiger partial charge >= 0.3 is 0 Å². The topological polar surface area (TPSA) is 71.1 Å². The molecule has 1 aliphatic rings. The second-order valence-electron chi connectivity index (χ2n) is 4.50. The molecule has 1 aromatic heterocycles. The van der Waals surface area contributed by atoms with Crippen molar-refractivity contribution in [2.24, 2.45) is 0 Å². The number of hydrogen-bond acceptors (Lipinski definition) is 5. The summed E-state index contributed by atoms with van der Waals surface area (Å²) in [5.74, 6) is -1.83. The van der Waals surface area contributed by atoms with E-state index in [1.807, 2.05) is 0 Å². The number of benzene rings is 1. The third kappa shape index (κ3) is 2.89. The molecule has 112 valence electrons. The molecule has 0 unspecified atom stereocenters. The summed E-state index contributed by atoms with van der Waals surface area (Å²) in [6.07, 6.45) is 0.710. The number of hydrogen-bond donors (Lipinski definition) is 2. The van der Waals surface area contributed by atoms with Crippen LogP contribution in [0.3, 0.4) is 0 Å². The summed E-state index contributed by atoms with van der Waals surface area (Å²) in [4.78, 5) is 4.40. The molecule has 0 spiro atoms. The summed E-state index contributed by atoms with van der Waals surface area (Å²) in [5.41, 5.74) is 0.830. The van der Waals surface area contributed by atoms with E-state index >= 15 is 0 Å². The van der Waals surface area contributed by atoms with Crippen LogP contribution in [0.4, 0.5) is 13.9 Å². The van der Waals surface area contributed by atoms with Gasteiger partial charge in [-0.05, 0) is 18.2 Å². The molecule has 0 radical (unpaired) electrons. The number of thiazole rings is 1. The Morgan fingerprint density at radius 1 is 1.33 bits per heavy atom. The standard InChI is InChI=1S/C12H11F2N3O2S2/c13-7-1-2-8(14)11(5-7)21(18,19)17-12-16-9-3-4-15-6-10(9)20-12/h1-2,5,15H,3-4,6H2,(H,16,17). The highest BCUT2D eigenvalue weighted by molar-refractivity contribution is 7.93. The van der Waals surface area contributed by atoms with Crippen LogP contribution in [-0.4, -0.2) is 19.9 Å². The Kier molecular flexibility index (Phi) is 3.64. The van der Waals surface area contributed by atoms with Crippen LogP contribution in [0, 0.1) is 11.6 Å². The van der Waals surface area contributed by atoms with Gasteiger partial charge in [-0.2, -0.15) is 0 Å². The van der Waals surface area contributed by atoms with Crippen LogP contribution in [-0.2, 0) is 23.0 Å². The van der Waals surface area contributed by atoms with Gasteiger partial charge in [-0.25, -0.2) is 22.2 Å². The van der Waals surface area contributed by atoms with Gasteiger partial charge in [-0.3, -0.25) is 4.72 Å². The second kappa shape index (κ2) is 5.32. The van der Waals surface area contributed by atoms with Crippen LogP contribution >= 0.6 is 11.3 Å². The van der Waals surface area contributed by atoms with Crippen molar-refractivity contribution in [1.82, 2.24) is 10.3 Å². The Labute approximate surface area is 124 Å². The third-order valence-electron chi connectivity index (χ3n) is 3.01. The molecule has 0 saturated heterocycles. The highest BCUT2D eigenvalue weighted by Gasteiger charge is 2.23. The van der Waals surface area contributed by atoms with Gasteiger partial charge in [0.1, 0.15) is 16.5 Å². The van der Waals surface area contributed by atoms with E-state index in [1.54, 1.807) is 0 Å². The van der Waals surface area contributed by atoms with E-state index in [-0.39, 0.29) is 5.13 Å². The Balaban J connectivity index is 1.92. The highest BCUT2D eigenvalue weighted by Crippen LogP contribution is 2.28. The van der Waals surface area contributed by atoms with E-state index in [9.17, 15) is 17.2 Å². The quantitative estimate of drug-likeness (QED) is 0.901. The molecule has 5 nitrogen and oxygen atoms in total. The lowest BCUT2D eigenvalue weighted by atomic mass is 10.2. The lowest BCUT2D eigenvalue weighted by Crippen LogP contribution is -2.22. The number of fused-ring (bicyclic) bond motifs is 1. The number of halogens is 2. The molecule has 0 aliphatic carbocycles. The maximum atomic E-state index is 13.6. The van der Waals surface area contributed by atoms with E-state index in [0.29, 0.717) is 19.0 Å². The van der Waals surface area contributed by atoms with Crippen LogP contribution in [0.25, 0.3) is 0 Å². The van der Waals surface area contributed by atoms with E-state index in [1.165, 1.54) is 11.3 Å². The monoisotopic (exact) mass is 331 g/mol. The summed E-state index contributed by atoms with van der Waals surface area (Å²) in [7, 11) is -4.20. The number of anilines is 1. The zero-order valence-electron chi connectivity index (χ0n) is 10.7. The summed E-state index contributed by atoms with van der Waals surface area (Å²) in [6.45, 7) is 1.41. The minimum atomic E-state index is -4.20. The largest absolute Gasteiger partial charge is 0.311 e. The van der Waals surface area contributed by atoms with Gasteiger partial charge in [0, 0.05) is 24.4 Å². The SMILES string of the molecule is O=S(=O)(Nc1nc2c(s1)CNCC2)c1cc(F)ccc1F. The van der Waals surface area contributed by atoms with Crippen molar-refractivity contribution < 1.29 is 17.2 Å². The fourth-order valence-electron chi connectivity index (χ4n) is 2.02. The Hall–Kier alpha value is -1.58. The van der Waals surface area contributed by atoms with Crippen molar-refractivity contribution in [3.05, 3.63) is 40.4 Å². The van der Waals surface area contributed by atoms with Gasteiger partial charge in [0.15, 0.2) is 5.13 Å². The van der Waals surface area contributed by atoms with E-state index in [4.69, 9.17) is 0 Å². The van der Waals surface area contributed by atoms with E-state index in [2.05, 4.69) is 15.0 Å². The predicted octanol–water partition coefficient (Wildman–Crippen LogP) is 1.87. The second-order valence-corrected chi connectivity index (χ2v) is 7.23. The molecule has 0 amide bonds. The minimum Gasteiger partial charge on any atom is -0.311 e. The van der Waals surface area contributed by atoms with Gasteiger partial charge in [0.05, 0.1) is 5.69 Å². The molecule has 9 heteroatoms. The molecule has 0 atom stereocenters. The first-order chi connectivity index (χ1) is 9.95. The van der Waals surface area contributed by atoms with Crippen molar-refractivity contribution in [2.75, 3.05) is 11.3 Å². The summed E-state index contributed by atoms with van der Waals surface area (Å²) in [6, 6.07) is 2.29.